The molecule has 0 saturated carbocycles. The van der Waals surface area contributed by atoms with Crippen LogP contribution in [0.25, 0.3) is 0 Å². The van der Waals surface area contributed by atoms with Crippen molar-refractivity contribution in [2.75, 3.05) is 13.0 Å². The van der Waals surface area contributed by atoms with Gasteiger partial charge in [0.05, 0.1) is 6.04 Å². The first-order valence-electron chi connectivity index (χ1n) is 5.27. The molecular formula is C11H20ClNO2. The summed E-state index contributed by atoms with van der Waals surface area (Å²) in [6, 6.07) is 0.295. The minimum atomic E-state index is -0.318. The number of alkyl halides is 1. The Labute approximate surface area is 96.7 Å². The largest absolute Gasteiger partial charge is 0.369 e. The highest BCUT2D eigenvalue weighted by atomic mass is 35.5. The van der Waals surface area contributed by atoms with Crippen LogP contribution >= 0.6 is 11.6 Å². The van der Waals surface area contributed by atoms with Gasteiger partial charge in [0.15, 0.2) is 6.10 Å². The summed E-state index contributed by atoms with van der Waals surface area (Å²) in [5.41, 5.74) is -0.111. The molecule has 0 spiro atoms. The zero-order valence-electron chi connectivity index (χ0n) is 10.1. The Morgan fingerprint density at radius 3 is 2.40 bits per heavy atom. The van der Waals surface area contributed by atoms with Gasteiger partial charge in [-0.2, -0.15) is 0 Å². The molecule has 15 heavy (non-hydrogen) atoms. The van der Waals surface area contributed by atoms with Crippen LogP contribution in [-0.4, -0.2) is 42.0 Å². The van der Waals surface area contributed by atoms with E-state index in [1.807, 2.05) is 18.7 Å². The van der Waals surface area contributed by atoms with E-state index in [0.29, 0.717) is 5.88 Å². The van der Waals surface area contributed by atoms with Crippen LogP contribution in [0.4, 0.5) is 0 Å². The molecule has 1 saturated heterocycles. The molecule has 0 aromatic heterocycles. The third kappa shape index (κ3) is 2.00. The van der Waals surface area contributed by atoms with E-state index in [4.69, 9.17) is 16.3 Å². The number of hydrogen-bond acceptors (Lipinski definition) is 2. The van der Waals surface area contributed by atoms with Crippen LogP contribution in [0.1, 0.15) is 27.7 Å². The monoisotopic (exact) mass is 233 g/mol. The molecule has 1 amide bonds. The topological polar surface area (TPSA) is 29.5 Å². The second kappa shape index (κ2) is 4.30. The van der Waals surface area contributed by atoms with E-state index in [0.717, 1.165) is 0 Å². The SMILES string of the molecule is CO[C@@H]1C(=O)N(C(C)C)[C@@H]1C(C)(C)CCl. The van der Waals surface area contributed by atoms with E-state index >= 15 is 0 Å². The molecule has 4 heteroatoms. The average Bonchev–Trinajstić information content (AvgIpc) is 2.14. The van der Waals surface area contributed by atoms with Crippen LogP contribution in [0.3, 0.4) is 0 Å². The lowest BCUT2D eigenvalue weighted by molar-refractivity contribution is -0.184. The highest BCUT2D eigenvalue weighted by molar-refractivity contribution is 6.18. The van der Waals surface area contributed by atoms with E-state index in [9.17, 15) is 4.79 Å². The Morgan fingerprint density at radius 2 is 2.07 bits per heavy atom. The summed E-state index contributed by atoms with van der Waals surface area (Å²) in [7, 11) is 1.58. The van der Waals surface area contributed by atoms with Gasteiger partial charge in [0, 0.05) is 24.4 Å². The molecule has 3 nitrogen and oxygen atoms in total. The molecule has 1 fully saturated rings. The summed E-state index contributed by atoms with van der Waals surface area (Å²) in [6.07, 6.45) is -0.318. The number of carbonyl (C=O) groups is 1. The Balaban J connectivity index is 2.88. The van der Waals surface area contributed by atoms with Crippen LogP contribution in [0.5, 0.6) is 0 Å². The predicted molar refractivity (Wildman–Crippen MR) is 61.1 cm³/mol. The average molecular weight is 234 g/mol. The van der Waals surface area contributed by atoms with Crippen LogP contribution in [0.2, 0.25) is 0 Å². The van der Waals surface area contributed by atoms with Crippen LogP contribution in [0, 0.1) is 5.41 Å². The second-order valence-electron chi connectivity index (χ2n) is 5.06. The molecule has 2 atom stereocenters. The maximum atomic E-state index is 11.8. The van der Waals surface area contributed by atoms with Gasteiger partial charge >= 0.3 is 0 Å². The number of nitrogens with zero attached hydrogens (tertiary/aromatic N) is 1. The number of amides is 1. The number of likely N-dealkylation sites (tertiary alicyclic amines) is 1. The lowest BCUT2D eigenvalue weighted by Gasteiger charge is -2.54. The van der Waals surface area contributed by atoms with E-state index in [2.05, 4.69) is 13.8 Å². The minimum absolute atomic E-state index is 0.0793. The van der Waals surface area contributed by atoms with Gasteiger partial charge in [0.1, 0.15) is 0 Å². The third-order valence-electron chi connectivity index (χ3n) is 3.04. The Kier molecular flexibility index (Phi) is 3.67. The lowest BCUT2D eigenvalue weighted by Crippen LogP contribution is -2.72. The van der Waals surface area contributed by atoms with Crippen molar-refractivity contribution >= 4 is 17.5 Å². The number of halogens is 1. The molecule has 0 aromatic rings. The van der Waals surface area contributed by atoms with Gasteiger partial charge in [0.25, 0.3) is 5.91 Å². The van der Waals surface area contributed by atoms with E-state index < -0.39 is 0 Å². The minimum Gasteiger partial charge on any atom is -0.369 e. The molecule has 0 unspecified atom stereocenters. The summed E-state index contributed by atoms with van der Waals surface area (Å²) in [5.74, 6) is 0.601. The normalized spacial score (nSPS) is 27.1. The molecule has 1 aliphatic rings. The quantitative estimate of drug-likeness (QED) is 0.548. The summed E-state index contributed by atoms with van der Waals surface area (Å²) in [4.78, 5) is 13.6. The molecule has 1 heterocycles. The van der Waals surface area contributed by atoms with Crippen molar-refractivity contribution in [3.8, 4) is 0 Å². The number of ether oxygens (including phenoxy) is 1. The van der Waals surface area contributed by atoms with Gasteiger partial charge < -0.3 is 9.64 Å². The Bertz CT molecular complexity index is 253. The first-order chi connectivity index (χ1) is 6.86. The van der Waals surface area contributed by atoms with E-state index in [1.54, 1.807) is 7.11 Å². The van der Waals surface area contributed by atoms with E-state index in [-0.39, 0.29) is 29.5 Å². The first kappa shape index (κ1) is 12.8. The highest BCUT2D eigenvalue weighted by Gasteiger charge is 2.55. The van der Waals surface area contributed by atoms with Crippen molar-refractivity contribution in [1.82, 2.24) is 4.90 Å². The maximum Gasteiger partial charge on any atom is 0.254 e. The Morgan fingerprint density at radius 1 is 1.53 bits per heavy atom. The maximum absolute atomic E-state index is 11.8. The van der Waals surface area contributed by atoms with Crippen molar-refractivity contribution in [3.05, 3.63) is 0 Å². The molecule has 0 aromatic carbocycles. The summed E-state index contributed by atoms with van der Waals surface area (Å²) in [5, 5.41) is 0. The third-order valence-corrected chi connectivity index (χ3v) is 3.73. The lowest BCUT2D eigenvalue weighted by atomic mass is 9.75. The van der Waals surface area contributed by atoms with Gasteiger partial charge in [-0.25, -0.2) is 0 Å². The summed E-state index contributed by atoms with van der Waals surface area (Å²) < 4.78 is 5.23. The molecule has 0 N–H and O–H groups in total. The van der Waals surface area contributed by atoms with Crippen molar-refractivity contribution in [1.29, 1.82) is 0 Å². The predicted octanol–water partition coefficient (Wildman–Crippen LogP) is 1.89. The number of rotatable bonds is 4. The highest BCUT2D eigenvalue weighted by Crippen LogP contribution is 2.38. The van der Waals surface area contributed by atoms with Gasteiger partial charge in [-0.3, -0.25) is 4.79 Å². The fourth-order valence-corrected chi connectivity index (χ4v) is 2.31. The van der Waals surface area contributed by atoms with Crippen LogP contribution in [-0.2, 0) is 9.53 Å². The molecule has 1 rings (SSSR count). The van der Waals surface area contributed by atoms with Crippen molar-refractivity contribution in [2.45, 2.75) is 45.9 Å². The number of β-lactam (4-membered cyclic amide) rings is 1. The molecule has 88 valence electrons. The second-order valence-corrected chi connectivity index (χ2v) is 5.33. The summed E-state index contributed by atoms with van der Waals surface area (Å²) >= 11 is 5.95. The molecule has 0 aliphatic carbocycles. The van der Waals surface area contributed by atoms with Crippen molar-refractivity contribution < 1.29 is 9.53 Å². The van der Waals surface area contributed by atoms with Crippen LogP contribution < -0.4 is 0 Å². The number of carbonyl (C=O) groups excluding carboxylic acids is 1. The van der Waals surface area contributed by atoms with E-state index in [1.165, 1.54) is 0 Å². The standard InChI is InChI=1S/C11H20ClNO2/c1-7(2)13-9(11(3,4)6-12)8(15-5)10(13)14/h7-9H,6H2,1-5H3/t8-,9-/m0/s1. The molecule has 1 aliphatic heterocycles. The molecule has 0 radical (unpaired) electrons. The Hall–Kier alpha value is -0.280. The van der Waals surface area contributed by atoms with Gasteiger partial charge in [-0.05, 0) is 13.8 Å². The zero-order chi connectivity index (χ0) is 11.8. The fraction of sp³-hybridized carbons (Fsp3) is 0.909. The molecular weight excluding hydrogens is 214 g/mol. The van der Waals surface area contributed by atoms with Gasteiger partial charge in [-0.15, -0.1) is 11.6 Å². The fourth-order valence-electron chi connectivity index (χ4n) is 2.15. The smallest absolute Gasteiger partial charge is 0.254 e. The first-order valence-corrected chi connectivity index (χ1v) is 5.81. The zero-order valence-corrected chi connectivity index (χ0v) is 10.8. The van der Waals surface area contributed by atoms with Crippen molar-refractivity contribution in [2.24, 2.45) is 5.41 Å². The van der Waals surface area contributed by atoms with Crippen LogP contribution in [0.15, 0.2) is 0 Å². The van der Waals surface area contributed by atoms with Gasteiger partial charge in [0.2, 0.25) is 0 Å². The number of methoxy groups -OCH3 is 1. The van der Waals surface area contributed by atoms with Crippen molar-refractivity contribution in [3.63, 3.8) is 0 Å². The summed E-state index contributed by atoms with van der Waals surface area (Å²) in [6.45, 7) is 8.17. The van der Waals surface area contributed by atoms with Gasteiger partial charge in [-0.1, -0.05) is 13.8 Å². The molecule has 0 bridgehead atoms. The number of hydrogen-bond donors (Lipinski definition) is 0.